The van der Waals surface area contributed by atoms with Crippen molar-refractivity contribution in [3.8, 4) is 0 Å². The summed E-state index contributed by atoms with van der Waals surface area (Å²) in [6.45, 7) is 4.17. The third-order valence-corrected chi connectivity index (χ3v) is 4.12. The number of aromatic nitrogens is 1. The molecule has 6 heteroatoms. The average molecular weight is 426 g/mol. The molecule has 0 atom stereocenters. The van der Waals surface area contributed by atoms with E-state index in [2.05, 4.69) is 33.5 Å². The van der Waals surface area contributed by atoms with Crippen molar-refractivity contribution in [1.29, 1.82) is 0 Å². The molecule has 5 nitrogen and oxygen atoms in total. The van der Waals surface area contributed by atoms with E-state index in [4.69, 9.17) is 10.2 Å². The van der Waals surface area contributed by atoms with Crippen molar-refractivity contribution in [3.05, 3.63) is 46.7 Å². The summed E-state index contributed by atoms with van der Waals surface area (Å²) >= 11 is 0. The Labute approximate surface area is 153 Å². The fourth-order valence-corrected chi connectivity index (χ4v) is 2.84. The fraction of sp³-hybridized carbons (Fsp3) is 0.412. The van der Waals surface area contributed by atoms with Gasteiger partial charge in [0.25, 0.3) is 0 Å². The number of aryl methyl sites for hydroxylation is 3. The third kappa shape index (κ3) is 4.25. The Hall–Kier alpha value is -1.57. The average Bonchev–Trinajstić information content (AvgIpc) is 2.84. The molecule has 23 heavy (non-hydrogen) atoms. The number of aliphatic imine (C=N–C) groups is 1. The Kier molecular flexibility index (Phi) is 6.04. The molecule has 0 unspecified atom stereocenters. The summed E-state index contributed by atoms with van der Waals surface area (Å²) in [5.41, 5.74) is 10.8. The van der Waals surface area contributed by atoms with Gasteiger partial charge in [0.05, 0.1) is 5.69 Å². The van der Waals surface area contributed by atoms with Crippen LogP contribution in [0.1, 0.15) is 41.3 Å². The minimum atomic E-state index is 0. The quantitative estimate of drug-likeness (QED) is 0.446. The summed E-state index contributed by atoms with van der Waals surface area (Å²) < 4.78 is 5.50. The number of guanidine groups is 1. The van der Waals surface area contributed by atoms with Gasteiger partial charge in [-0.05, 0) is 56.7 Å². The van der Waals surface area contributed by atoms with Crippen LogP contribution in [-0.4, -0.2) is 10.9 Å². The fourth-order valence-electron chi connectivity index (χ4n) is 2.84. The number of fused-ring (bicyclic) bond motifs is 1. The molecule has 0 aliphatic heterocycles. The molecule has 1 aromatic carbocycles. The molecule has 2 aromatic rings. The van der Waals surface area contributed by atoms with Crippen molar-refractivity contribution in [2.75, 3.05) is 5.32 Å². The first kappa shape index (κ1) is 17.8. The maximum atomic E-state index is 6.00. The molecule has 1 heterocycles. The maximum absolute atomic E-state index is 6.00. The van der Waals surface area contributed by atoms with E-state index in [0.717, 1.165) is 30.0 Å². The second kappa shape index (κ2) is 7.81. The molecule has 3 N–H and O–H groups in total. The number of rotatable bonds is 3. The van der Waals surface area contributed by atoms with Gasteiger partial charge in [-0.25, -0.2) is 9.98 Å². The molecule has 0 saturated heterocycles. The molecule has 1 aromatic heterocycles. The second-order valence-corrected chi connectivity index (χ2v) is 5.73. The van der Waals surface area contributed by atoms with Gasteiger partial charge in [0.2, 0.25) is 5.89 Å². The first-order chi connectivity index (χ1) is 10.6. The van der Waals surface area contributed by atoms with Gasteiger partial charge in [-0.3, -0.25) is 0 Å². The van der Waals surface area contributed by atoms with Crippen LogP contribution >= 0.6 is 24.0 Å². The van der Waals surface area contributed by atoms with E-state index in [1.807, 2.05) is 13.8 Å². The molecule has 0 spiro atoms. The lowest BCUT2D eigenvalue weighted by atomic mass is 9.90. The molecule has 0 radical (unpaired) electrons. The predicted molar refractivity (Wildman–Crippen MR) is 103 cm³/mol. The van der Waals surface area contributed by atoms with Gasteiger partial charge in [0, 0.05) is 5.69 Å². The molecule has 0 bridgehead atoms. The zero-order valence-electron chi connectivity index (χ0n) is 13.6. The molecular formula is C17H23IN4O. The number of oxazole rings is 1. The summed E-state index contributed by atoms with van der Waals surface area (Å²) in [5.74, 6) is 1.82. The van der Waals surface area contributed by atoms with Gasteiger partial charge in [-0.2, -0.15) is 0 Å². The van der Waals surface area contributed by atoms with E-state index in [9.17, 15) is 0 Å². The predicted octanol–water partition coefficient (Wildman–Crippen LogP) is 3.72. The molecule has 1 aliphatic rings. The number of nitrogens with zero attached hydrogens (tertiary/aromatic N) is 2. The van der Waals surface area contributed by atoms with Crippen molar-refractivity contribution in [2.45, 2.75) is 46.1 Å². The first-order valence-corrected chi connectivity index (χ1v) is 7.74. The van der Waals surface area contributed by atoms with Crippen LogP contribution in [0.15, 0.2) is 27.6 Å². The highest BCUT2D eigenvalue weighted by molar-refractivity contribution is 14.0. The summed E-state index contributed by atoms with van der Waals surface area (Å²) in [6, 6.07) is 6.33. The SMILES string of the molecule is Cc1nc(CN=C(N)Nc2cccc3c2CCCC3)oc1C.I. The van der Waals surface area contributed by atoms with E-state index < -0.39 is 0 Å². The zero-order valence-corrected chi connectivity index (χ0v) is 15.9. The highest BCUT2D eigenvalue weighted by Crippen LogP contribution is 2.27. The van der Waals surface area contributed by atoms with Crippen LogP contribution in [0.4, 0.5) is 5.69 Å². The highest BCUT2D eigenvalue weighted by Gasteiger charge is 2.13. The van der Waals surface area contributed by atoms with Gasteiger partial charge >= 0.3 is 0 Å². The van der Waals surface area contributed by atoms with Gasteiger partial charge in [0.1, 0.15) is 12.3 Å². The smallest absolute Gasteiger partial charge is 0.216 e. The third-order valence-electron chi connectivity index (χ3n) is 4.12. The first-order valence-electron chi connectivity index (χ1n) is 7.74. The van der Waals surface area contributed by atoms with Gasteiger partial charge in [-0.15, -0.1) is 24.0 Å². The Balaban J connectivity index is 0.00000192. The lowest BCUT2D eigenvalue weighted by Crippen LogP contribution is -2.24. The van der Waals surface area contributed by atoms with E-state index in [-0.39, 0.29) is 24.0 Å². The summed E-state index contributed by atoms with van der Waals surface area (Å²) in [4.78, 5) is 8.62. The van der Waals surface area contributed by atoms with Crippen LogP contribution in [0.25, 0.3) is 0 Å². The molecule has 124 valence electrons. The summed E-state index contributed by atoms with van der Waals surface area (Å²) in [6.07, 6.45) is 4.75. The molecule has 1 aliphatic carbocycles. The van der Waals surface area contributed by atoms with E-state index in [1.165, 1.54) is 24.0 Å². The number of halogens is 1. The topological polar surface area (TPSA) is 76.4 Å². The molecular weight excluding hydrogens is 403 g/mol. The number of anilines is 1. The van der Waals surface area contributed by atoms with Crippen molar-refractivity contribution in [2.24, 2.45) is 10.7 Å². The lowest BCUT2D eigenvalue weighted by molar-refractivity contribution is 0.473. The van der Waals surface area contributed by atoms with Crippen molar-refractivity contribution < 1.29 is 4.42 Å². The van der Waals surface area contributed by atoms with Gasteiger partial charge < -0.3 is 15.5 Å². The van der Waals surface area contributed by atoms with E-state index in [0.29, 0.717) is 18.4 Å². The molecule has 0 saturated carbocycles. The minimum Gasteiger partial charge on any atom is -0.444 e. The Morgan fingerprint density at radius 2 is 2.09 bits per heavy atom. The standard InChI is InChI=1S/C17H22N4O.HI/c1-11-12(2)22-16(20-11)10-19-17(18)21-15-9-5-7-13-6-3-4-8-14(13)15;/h5,7,9H,3-4,6,8,10H2,1-2H3,(H3,18,19,21);1H. The lowest BCUT2D eigenvalue weighted by Gasteiger charge is -2.19. The maximum Gasteiger partial charge on any atom is 0.216 e. The molecule has 0 amide bonds. The van der Waals surface area contributed by atoms with Crippen LogP contribution in [0, 0.1) is 13.8 Å². The number of hydrogen-bond acceptors (Lipinski definition) is 3. The number of hydrogen-bond donors (Lipinski definition) is 2. The number of nitrogens with two attached hydrogens (primary N) is 1. The van der Waals surface area contributed by atoms with Crippen molar-refractivity contribution >= 4 is 35.6 Å². The van der Waals surface area contributed by atoms with E-state index in [1.54, 1.807) is 0 Å². The van der Waals surface area contributed by atoms with Crippen LogP contribution in [-0.2, 0) is 19.4 Å². The Bertz CT molecular complexity index is 689. The van der Waals surface area contributed by atoms with E-state index >= 15 is 0 Å². The van der Waals surface area contributed by atoms with Gasteiger partial charge in [0.15, 0.2) is 5.96 Å². The largest absolute Gasteiger partial charge is 0.444 e. The summed E-state index contributed by atoms with van der Waals surface area (Å²) in [5, 5.41) is 3.22. The Morgan fingerprint density at radius 1 is 1.30 bits per heavy atom. The van der Waals surface area contributed by atoms with Gasteiger partial charge in [-0.1, -0.05) is 12.1 Å². The summed E-state index contributed by atoms with van der Waals surface area (Å²) in [7, 11) is 0. The van der Waals surface area contributed by atoms with Crippen molar-refractivity contribution in [1.82, 2.24) is 4.98 Å². The van der Waals surface area contributed by atoms with Crippen molar-refractivity contribution in [3.63, 3.8) is 0 Å². The minimum absolute atomic E-state index is 0. The van der Waals surface area contributed by atoms with Crippen LogP contribution in [0.3, 0.4) is 0 Å². The Morgan fingerprint density at radius 3 is 2.83 bits per heavy atom. The monoisotopic (exact) mass is 426 g/mol. The molecule has 0 fully saturated rings. The zero-order chi connectivity index (χ0) is 15.5. The van der Waals surface area contributed by atoms with Crippen LogP contribution in [0.5, 0.6) is 0 Å². The second-order valence-electron chi connectivity index (χ2n) is 5.73. The van der Waals surface area contributed by atoms with Crippen LogP contribution in [0.2, 0.25) is 0 Å². The molecule has 3 rings (SSSR count). The highest BCUT2D eigenvalue weighted by atomic mass is 127. The normalized spacial score (nSPS) is 14.1. The number of nitrogens with one attached hydrogen (secondary N) is 1. The van der Waals surface area contributed by atoms with Crippen LogP contribution < -0.4 is 11.1 Å². The number of benzene rings is 1.